The highest BCUT2D eigenvalue weighted by molar-refractivity contribution is 5.86. The maximum atomic E-state index is 10.9. The largest absolute Gasteiger partial charge is 0.464 e. The fourth-order valence-electron chi connectivity index (χ4n) is 0.774. The zero-order chi connectivity index (χ0) is 10.4. The molecule has 0 bridgehead atoms. The summed E-state index contributed by atoms with van der Waals surface area (Å²) in [6.07, 6.45) is 0. The molecule has 1 aromatic carbocycles. The predicted octanol–water partition coefficient (Wildman–Crippen LogP) is 1.26. The highest BCUT2D eigenvalue weighted by Crippen LogP contribution is 2.07. The van der Waals surface area contributed by atoms with Crippen molar-refractivity contribution in [3.63, 3.8) is 0 Å². The smallest absolute Gasteiger partial charge is 0.356 e. The summed E-state index contributed by atoms with van der Waals surface area (Å²) in [6, 6.07) is 8.99. The number of carbonyl (C=O) groups is 1. The summed E-state index contributed by atoms with van der Waals surface area (Å²) in [7, 11) is 1.28. The number of rotatable bonds is 4. The fourth-order valence-corrected chi connectivity index (χ4v) is 0.774. The molecule has 1 aromatic rings. The predicted molar refractivity (Wildman–Crippen MR) is 51.4 cm³/mol. The van der Waals surface area contributed by atoms with Gasteiger partial charge in [-0.25, -0.2) is 10.3 Å². The van der Waals surface area contributed by atoms with Crippen LogP contribution >= 0.6 is 0 Å². The lowest BCUT2D eigenvalue weighted by molar-refractivity contribution is -0.137. The highest BCUT2D eigenvalue weighted by Gasteiger charge is 2.05. The number of hydroxylamine groups is 1. The van der Waals surface area contributed by atoms with Crippen LogP contribution in [-0.4, -0.2) is 13.1 Å². The molecule has 0 radical (unpaired) electrons. The summed E-state index contributed by atoms with van der Waals surface area (Å²) in [4.78, 5) is 15.9. The summed E-state index contributed by atoms with van der Waals surface area (Å²) in [5, 5.41) is 0. The Morgan fingerprint density at radius 2 is 2.00 bits per heavy atom. The van der Waals surface area contributed by atoms with Crippen LogP contribution in [0.3, 0.4) is 0 Å². The molecule has 0 amide bonds. The molecule has 74 valence electrons. The van der Waals surface area contributed by atoms with Crippen molar-refractivity contribution in [2.75, 3.05) is 7.11 Å². The van der Waals surface area contributed by atoms with Crippen LogP contribution in [0, 0.1) is 0 Å². The minimum absolute atomic E-state index is 0.0522. The Labute approximate surface area is 82.1 Å². The molecule has 4 heteroatoms. The number of para-hydroxylation sites is 1. The monoisotopic (exact) mass is 193 g/mol. The summed E-state index contributed by atoms with van der Waals surface area (Å²) in [5.41, 5.74) is 2.43. The van der Waals surface area contributed by atoms with Crippen LogP contribution in [0.4, 0.5) is 0 Å². The Balaban J connectivity index is 2.42. The first-order valence-corrected chi connectivity index (χ1v) is 3.99. The normalized spacial score (nSPS) is 8.93. The van der Waals surface area contributed by atoms with Crippen LogP contribution in [0.2, 0.25) is 0 Å². The summed E-state index contributed by atoms with van der Waals surface area (Å²) in [6.45, 7) is 3.43. The van der Waals surface area contributed by atoms with E-state index in [2.05, 4.69) is 16.8 Å². The van der Waals surface area contributed by atoms with Crippen molar-refractivity contribution in [3.05, 3.63) is 42.6 Å². The zero-order valence-corrected chi connectivity index (χ0v) is 7.82. The molecule has 0 aliphatic rings. The van der Waals surface area contributed by atoms with Gasteiger partial charge in [-0.1, -0.05) is 24.8 Å². The second-order valence-corrected chi connectivity index (χ2v) is 2.49. The first-order valence-electron chi connectivity index (χ1n) is 3.99. The van der Waals surface area contributed by atoms with Crippen molar-refractivity contribution in [3.8, 4) is 5.75 Å². The molecule has 0 spiro atoms. The number of esters is 1. The van der Waals surface area contributed by atoms with Gasteiger partial charge in [0.15, 0.2) is 5.75 Å². The van der Waals surface area contributed by atoms with Crippen LogP contribution in [0.5, 0.6) is 5.75 Å². The van der Waals surface area contributed by atoms with Crippen LogP contribution in [0.25, 0.3) is 0 Å². The molecule has 0 saturated heterocycles. The number of carbonyl (C=O) groups excluding carboxylic acids is 1. The highest BCUT2D eigenvalue weighted by atomic mass is 16.7. The minimum Gasteiger partial charge on any atom is -0.464 e. The van der Waals surface area contributed by atoms with E-state index in [1.165, 1.54) is 7.11 Å². The molecule has 1 N–H and O–H groups in total. The lowest BCUT2D eigenvalue weighted by atomic mass is 10.3. The first kappa shape index (κ1) is 10.1. The van der Waals surface area contributed by atoms with Gasteiger partial charge in [-0.2, -0.15) is 0 Å². The maximum Gasteiger partial charge on any atom is 0.356 e. The van der Waals surface area contributed by atoms with E-state index in [0.717, 1.165) is 0 Å². The van der Waals surface area contributed by atoms with Gasteiger partial charge in [-0.3, -0.25) is 0 Å². The van der Waals surface area contributed by atoms with Gasteiger partial charge in [0, 0.05) is 0 Å². The van der Waals surface area contributed by atoms with Gasteiger partial charge in [0.05, 0.1) is 7.11 Å². The van der Waals surface area contributed by atoms with Crippen LogP contribution < -0.4 is 10.3 Å². The molecule has 0 atom stereocenters. The lowest BCUT2D eigenvalue weighted by Crippen LogP contribution is -2.23. The average Bonchev–Trinajstić information content (AvgIpc) is 2.26. The third-order valence-corrected chi connectivity index (χ3v) is 1.47. The minimum atomic E-state index is -0.555. The van der Waals surface area contributed by atoms with Crippen LogP contribution in [0.15, 0.2) is 42.6 Å². The van der Waals surface area contributed by atoms with Crippen LogP contribution in [0.1, 0.15) is 0 Å². The second kappa shape index (κ2) is 4.91. The topological polar surface area (TPSA) is 47.6 Å². The first-order chi connectivity index (χ1) is 6.74. The Bertz CT molecular complexity index is 321. The van der Waals surface area contributed by atoms with E-state index in [-0.39, 0.29) is 5.70 Å². The summed E-state index contributed by atoms with van der Waals surface area (Å²) in [5.74, 6) is 0.0403. The number of hydrogen-bond donors (Lipinski definition) is 1. The molecular weight excluding hydrogens is 182 g/mol. The fraction of sp³-hybridized carbons (Fsp3) is 0.100. The molecule has 0 aliphatic carbocycles. The second-order valence-electron chi connectivity index (χ2n) is 2.49. The molecule has 14 heavy (non-hydrogen) atoms. The molecule has 0 saturated carbocycles. The molecule has 0 unspecified atom stereocenters. The van der Waals surface area contributed by atoms with Gasteiger partial charge in [-0.15, -0.1) is 0 Å². The average molecular weight is 193 g/mol. The van der Waals surface area contributed by atoms with Crippen molar-refractivity contribution >= 4 is 5.97 Å². The Morgan fingerprint density at radius 1 is 1.36 bits per heavy atom. The van der Waals surface area contributed by atoms with E-state index in [4.69, 9.17) is 4.84 Å². The maximum absolute atomic E-state index is 10.9. The van der Waals surface area contributed by atoms with Gasteiger partial charge >= 0.3 is 5.97 Å². The van der Waals surface area contributed by atoms with E-state index in [1.807, 2.05) is 18.2 Å². The number of methoxy groups -OCH3 is 1. The Morgan fingerprint density at radius 3 is 2.57 bits per heavy atom. The number of ether oxygens (including phenoxy) is 1. The third-order valence-electron chi connectivity index (χ3n) is 1.47. The van der Waals surface area contributed by atoms with Crippen LogP contribution in [-0.2, 0) is 9.53 Å². The molecule has 0 heterocycles. The van der Waals surface area contributed by atoms with Gasteiger partial charge < -0.3 is 9.57 Å². The number of benzene rings is 1. The SMILES string of the molecule is C=C(NOc1ccccc1)C(=O)OC. The van der Waals surface area contributed by atoms with E-state index in [9.17, 15) is 4.79 Å². The number of hydrogen-bond acceptors (Lipinski definition) is 4. The molecule has 4 nitrogen and oxygen atoms in total. The Hall–Kier alpha value is -1.97. The third kappa shape index (κ3) is 2.82. The lowest BCUT2D eigenvalue weighted by Gasteiger charge is -2.08. The Kier molecular flexibility index (Phi) is 3.55. The zero-order valence-electron chi connectivity index (χ0n) is 7.82. The van der Waals surface area contributed by atoms with Crippen molar-refractivity contribution < 1.29 is 14.4 Å². The molecule has 0 aromatic heterocycles. The van der Waals surface area contributed by atoms with E-state index in [0.29, 0.717) is 5.75 Å². The van der Waals surface area contributed by atoms with Gasteiger partial charge in [0.25, 0.3) is 0 Å². The van der Waals surface area contributed by atoms with Crippen molar-refractivity contribution in [2.24, 2.45) is 0 Å². The molecular formula is C10H11NO3. The molecule has 0 fully saturated rings. The van der Waals surface area contributed by atoms with Crippen molar-refractivity contribution in [1.82, 2.24) is 5.48 Å². The quantitative estimate of drug-likeness (QED) is 0.444. The molecule has 0 aliphatic heterocycles. The van der Waals surface area contributed by atoms with Gasteiger partial charge in [-0.05, 0) is 12.1 Å². The standard InChI is InChI=1S/C10H11NO3/c1-8(10(12)13-2)11-14-9-6-4-3-5-7-9/h3-7,11H,1H2,2H3. The van der Waals surface area contributed by atoms with E-state index >= 15 is 0 Å². The summed E-state index contributed by atoms with van der Waals surface area (Å²) >= 11 is 0. The van der Waals surface area contributed by atoms with Crippen molar-refractivity contribution in [2.45, 2.75) is 0 Å². The molecule has 1 rings (SSSR count). The van der Waals surface area contributed by atoms with Gasteiger partial charge in [0.1, 0.15) is 5.70 Å². The summed E-state index contributed by atoms with van der Waals surface area (Å²) < 4.78 is 4.42. The van der Waals surface area contributed by atoms with E-state index < -0.39 is 5.97 Å². The van der Waals surface area contributed by atoms with Crippen molar-refractivity contribution in [1.29, 1.82) is 0 Å². The van der Waals surface area contributed by atoms with E-state index in [1.54, 1.807) is 12.1 Å². The van der Waals surface area contributed by atoms with Gasteiger partial charge in [0.2, 0.25) is 0 Å². The number of nitrogens with one attached hydrogen (secondary N) is 1.